The van der Waals surface area contributed by atoms with Gasteiger partial charge in [0.25, 0.3) is 0 Å². The van der Waals surface area contributed by atoms with Gasteiger partial charge in [0.2, 0.25) is 17.7 Å². The number of benzene rings is 2. The van der Waals surface area contributed by atoms with Crippen LogP contribution in [0.15, 0.2) is 60.7 Å². The van der Waals surface area contributed by atoms with E-state index in [0.717, 1.165) is 50.0 Å². The lowest BCUT2D eigenvalue weighted by Crippen LogP contribution is -2.58. The van der Waals surface area contributed by atoms with Gasteiger partial charge in [0.1, 0.15) is 6.04 Å². The number of nitrogens with zero attached hydrogens (tertiary/aromatic N) is 1. The second-order valence-corrected chi connectivity index (χ2v) is 13.2. The molecule has 2 fully saturated rings. The zero-order valence-electron chi connectivity index (χ0n) is 25.7. The normalized spacial score (nSPS) is 25.9. The van der Waals surface area contributed by atoms with E-state index in [9.17, 15) is 14.4 Å². The second kappa shape index (κ2) is 14.1. The molecule has 6 rings (SSSR count). The molecule has 3 amide bonds. The summed E-state index contributed by atoms with van der Waals surface area (Å²) in [6.45, 7) is 2.87. The average molecular weight is 599 g/mol. The van der Waals surface area contributed by atoms with E-state index >= 15 is 0 Å². The highest BCUT2D eigenvalue weighted by Crippen LogP contribution is 2.36. The van der Waals surface area contributed by atoms with Gasteiger partial charge in [-0.05, 0) is 92.5 Å². The Morgan fingerprint density at radius 3 is 2.59 bits per heavy atom. The fourth-order valence-corrected chi connectivity index (χ4v) is 7.41. The molecule has 2 aromatic rings. The molecule has 0 bridgehead atoms. The second-order valence-electron chi connectivity index (χ2n) is 13.2. The molecule has 1 aliphatic carbocycles. The van der Waals surface area contributed by atoms with Crippen molar-refractivity contribution in [1.29, 1.82) is 0 Å². The third-order valence-electron chi connectivity index (χ3n) is 10.1. The lowest BCUT2D eigenvalue weighted by Gasteiger charge is -2.40. The zero-order valence-corrected chi connectivity index (χ0v) is 25.7. The summed E-state index contributed by atoms with van der Waals surface area (Å²) in [5.41, 5.74) is 4.07. The Kier molecular flexibility index (Phi) is 9.77. The van der Waals surface area contributed by atoms with Gasteiger partial charge in [-0.25, -0.2) is 0 Å². The van der Waals surface area contributed by atoms with Crippen LogP contribution in [0.4, 0.5) is 5.69 Å². The van der Waals surface area contributed by atoms with Crippen LogP contribution in [0.5, 0.6) is 0 Å². The first-order valence-corrected chi connectivity index (χ1v) is 16.5. The van der Waals surface area contributed by atoms with E-state index in [0.29, 0.717) is 45.4 Å². The third-order valence-corrected chi connectivity index (χ3v) is 10.1. The molecule has 2 aromatic carbocycles. The molecule has 0 saturated carbocycles. The summed E-state index contributed by atoms with van der Waals surface area (Å²) in [7, 11) is 0. The quantitative estimate of drug-likeness (QED) is 0.449. The number of rotatable bonds is 5. The molecule has 2 saturated heterocycles. The lowest BCUT2D eigenvalue weighted by molar-refractivity contribution is -0.140. The van der Waals surface area contributed by atoms with Crippen LogP contribution in [0.3, 0.4) is 0 Å². The summed E-state index contributed by atoms with van der Waals surface area (Å²) in [4.78, 5) is 42.9. The third kappa shape index (κ3) is 7.41. The molecule has 3 atom stereocenters. The van der Waals surface area contributed by atoms with Crippen LogP contribution in [-0.2, 0) is 38.4 Å². The fraction of sp³-hybridized carbons (Fsp3) is 0.528. The van der Waals surface area contributed by atoms with Crippen molar-refractivity contribution in [3.8, 4) is 0 Å². The highest BCUT2D eigenvalue weighted by atomic mass is 16.5. The molecular formula is C36H46N4O4. The SMILES string of the molecule is O=C(CN1CC[C@H]2NC(=O)[C@H](Cc3ccccc3)NC(=O)C3(CC=CC[C@H]2C1)CCOCC3)Nc1ccc2c(c1)CCCC2. The van der Waals surface area contributed by atoms with E-state index in [2.05, 4.69) is 45.1 Å². The molecule has 0 radical (unpaired) electrons. The summed E-state index contributed by atoms with van der Waals surface area (Å²) in [6.07, 6.45) is 12.9. The van der Waals surface area contributed by atoms with E-state index in [1.807, 2.05) is 36.4 Å². The Morgan fingerprint density at radius 2 is 1.77 bits per heavy atom. The zero-order chi connectivity index (χ0) is 30.4. The Bertz CT molecular complexity index is 1350. The van der Waals surface area contributed by atoms with Gasteiger partial charge in [0, 0.05) is 44.5 Å². The van der Waals surface area contributed by atoms with Gasteiger partial charge in [-0.3, -0.25) is 19.3 Å². The Morgan fingerprint density at radius 1 is 0.977 bits per heavy atom. The number of carbonyl (C=O) groups is 3. The maximum absolute atomic E-state index is 13.8. The van der Waals surface area contributed by atoms with Gasteiger partial charge in [-0.2, -0.15) is 0 Å². The maximum Gasteiger partial charge on any atom is 0.243 e. The van der Waals surface area contributed by atoms with Gasteiger partial charge in [-0.15, -0.1) is 0 Å². The molecular weight excluding hydrogens is 552 g/mol. The number of piperidine rings is 1. The van der Waals surface area contributed by atoms with Gasteiger partial charge in [0.05, 0.1) is 12.0 Å². The molecule has 3 N–H and O–H groups in total. The average Bonchev–Trinajstić information content (AvgIpc) is 3.04. The number of aryl methyl sites for hydroxylation is 2. The molecule has 1 spiro atoms. The van der Waals surface area contributed by atoms with Crippen LogP contribution in [0, 0.1) is 11.3 Å². The Hall–Kier alpha value is -3.49. The van der Waals surface area contributed by atoms with Crippen molar-refractivity contribution in [1.82, 2.24) is 15.5 Å². The van der Waals surface area contributed by atoms with Crippen molar-refractivity contribution in [2.45, 2.75) is 76.3 Å². The van der Waals surface area contributed by atoms with E-state index in [4.69, 9.17) is 4.74 Å². The monoisotopic (exact) mass is 598 g/mol. The molecule has 4 aliphatic rings. The number of hydrogen-bond donors (Lipinski definition) is 3. The predicted molar refractivity (Wildman–Crippen MR) is 171 cm³/mol. The summed E-state index contributed by atoms with van der Waals surface area (Å²) in [5, 5.41) is 9.61. The van der Waals surface area contributed by atoms with Crippen LogP contribution in [0.25, 0.3) is 0 Å². The Balaban J connectivity index is 1.15. The minimum Gasteiger partial charge on any atom is -0.381 e. The lowest BCUT2D eigenvalue weighted by atomic mass is 9.75. The number of anilines is 1. The Labute approximate surface area is 261 Å². The first-order valence-electron chi connectivity index (χ1n) is 16.5. The van der Waals surface area contributed by atoms with Gasteiger partial charge < -0.3 is 20.7 Å². The van der Waals surface area contributed by atoms with Crippen LogP contribution in [0.1, 0.15) is 61.6 Å². The largest absolute Gasteiger partial charge is 0.381 e. The van der Waals surface area contributed by atoms with Gasteiger partial charge in [-0.1, -0.05) is 48.6 Å². The number of ether oxygens (including phenoxy) is 1. The molecule has 3 aliphatic heterocycles. The number of amides is 3. The summed E-state index contributed by atoms with van der Waals surface area (Å²) in [6, 6.07) is 15.5. The van der Waals surface area contributed by atoms with Gasteiger partial charge in [0.15, 0.2) is 0 Å². The molecule has 8 nitrogen and oxygen atoms in total. The minimum absolute atomic E-state index is 0.000891. The van der Waals surface area contributed by atoms with Crippen LogP contribution < -0.4 is 16.0 Å². The standard InChI is InChI=1S/C36H46N4O4/c41-33(37-30-14-13-27-10-4-5-11-28(27)23-30)25-40-19-15-31-29(24-40)12-6-7-16-36(17-20-44-21-18-36)35(43)39-32(34(42)38-31)22-26-8-2-1-3-9-26/h1-3,6-9,13-14,23,29,31-32H,4-5,10-12,15-22,24-25H2,(H,37,41)(H,38,42)(H,39,43)/t29-,31+,32-/m0/s1. The number of allylic oxidation sites excluding steroid dienone is 2. The summed E-state index contributed by atoms with van der Waals surface area (Å²) < 4.78 is 5.62. The molecule has 8 heteroatoms. The van der Waals surface area contributed by atoms with Crippen molar-refractivity contribution in [3.05, 3.63) is 77.4 Å². The van der Waals surface area contributed by atoms with Crippen molar-refractivity contribution >= 4 is 23.4 Å². The van der Waals surface area contributed by atoms with E-state index < -0.39 is 11.5 Å². The number of nitrogens with one attached hydrogen (secondary N) is 3. The topological polar surface area (TPSA) is 99.8 Å². The number of likely N-dealkylation sites (tertiary alicyclic amines) is 1. The van der Waals surface area contributed by atoms with E-state index in [1.54, 1.807) is 0 Å². The molecule has 0 unspecified atom stereocenters. The van der Waals surface area contributed by atoms with Crippen molar-refractivity contribution in [2.24, 2.45) is 11.3 Å². The first kappa shape index (κ1) is 30.5. The molecule has 234 valence electrons. The smallest absolute Gasteiger partial charge is 0.243 e. The molecule has 3 heterocycles. The highest BCUT2D eigenvalue weighted by Gasteiger charge is 2.41. The summed E-state index contributed by atoms with van der Waals surface area (Å²) >= 11 is 0. The predicted octanol–water partition coefficient (Wildman–Crippen LogP) is 4.18. The van der Waals surface area contributed by atoms with Gasteiger partial charge >= 0.3 is 0 Å². The maximum atomic E-state index is 13.8. The fourth-order valence-electron chi connectivity index (χ4n) is 7.41. The van der Waals surface area contributed by atoms with Crippen molar-refractivity contribution in [2.75, 3.05) is 38.2 Å². The number of fused-ring (bicyclic) bond motifs is 2. The van der Waals surface area contributed by atoms with Crippen molar-refractivity contribution < 1.29 is 19.1 Å². The number of carbonyl (C=O) groups excluding carboxylic acids is 3. The minimum atomic E-state index is -0.658. The first-order chi connectivity index (χ1) is 21.5. The van der Waals surface area contributed by atoms with E-state index in [-0.39, 0.29) is 29.7 Å². The van der Waals surface area contributed by atoms with Crippen LogP contribution in [-0.4, -0.2) is 67.6 Å². The van der Waals surface area contributed by atoms with Crippen molar-refractivity contribution in [3.63, 3.8) is 0 Å². The highest BCUT2D eigenvalue weighted by molar-refractivity contribution is 5.92. The molecule has 0 aromatic heterocycles. The van der Waals surface area contributed by atoms with Crippen LogP contribution in [0.2, 0.25) is 0 Å². The summed E-state index contributed by atoms with van der Waals surface area (Å²) in [5.74, 6) is -0.0290. The van der Waals surface area contributed by atoms with Crippen LogP contribution >= 0.6 is 0 Å². The molecule has 44 heavy (non-hydrogen) atoms. The number of hydrogen-bond acceptors (Lipinski definition) is 5. The van der Waals surface area contributed by atoms with E-state index in [1.165, 1.54) is 24.0 Å².